The molecule has 5 heteroatoms. The Bertz CT molecular complexity index is 407. The van der Waals surface area contributed by atoms with Crippen molar-refractivity contribution in [3.05, 3.63) is 35.1 Å². The molecule has 0 unspecified atom stereocenters. The number of aryl methyl sites for hydroxylation is 1. The lowest BCUT2D eigenvalue weighted by atomic mass is 10.0. The van der Waals surface area contributed by atoms with Crippen molar-refractivity contribution in [2.45, 2.75) is 6.92 Å². The van der Waals surface area contributed by atoms with Crippen LogP contribution in [0.3, 0.4) is 0 Å². The van der Waals surface area contributed by atoms with Gasteiger partial charge in [0, 0.05) is 25.6 Å². The minimum Gasteiger partial charge on any atom is -0.352 e. The highest BCUT2D eigenvalue weighted by atomic mass is 35.5. The third-order valence-corrected chi connectivity index (χ3v) is 2.79. The van der Waals surface area contributed by atoms with E-state index >= 15 is 0 Å². The minimum absolute atomic E-state index is 0. The summed E-state index contributed by atoms with van der Waals surface area (Å²) in [5.74, 6) is -0.300. The Labute approximate surface area is 106 Å². The second kappa shape index (κ2) is 5.98. The van der Waals surface area contributed by atoms with E-state index in [4.69, 9.17) is 0 Å². The number of hydrogen-bond acceptors (Lipinski definition) is 2. The molecular weight excluding hydrogens is 243 g/mol. The van der Waals surface area contributed by atoms with Crippen LogP contribution in [0.25, 0.3) is 0 Å². The first-order valence-corrected chi connectivity index (χ1v) is 5.42. The molecule has 94 valence electrons. The molecule has 0 aliphatic carbocycles. The fraction of sp³-hybridized carbons (Fsp3) is 0.417. The van der Waals surface area contributed by atoms with E-state index < -0.39 is 5.82 Å². The van der Waals surface area contributed by atoms with Gasteiger partial charge in [0.25, 0.3) is 5.91 Å². The summed E-state index contributed by atoms with van der Waals surface area (Å²) in [7, 11) is 0. The largest absolute Gasteiger partial charge is 0.352 e. The fourth-order valence-electron chi connectivity index (χ4n) is 1.63. The normalized spacial score (nSPS) is 14.7. The lowest BCUT2D eigenvalue weighted by molar-refractivity contribution is 0.0938. The Hall–Kier alpha value is -1.13. The third kappa shape index (κ3) is 3.41. The molecule has 1 aromatic rings. The Balaban J connectivity index is 0.00000144. The molecular formula is C12H16ClFN2O. The highest BCUT2D eigenvalue weighted by Gasteiger charge is 2.18. The number of rotatable bonds is 3. The van der Waals surface area contributed by atoms with Crippen molar-refractivity contribution in [1.82, 2.24) is 10.6 Å². The predicted octanol–water partition coefficient (Wildman–Crippen LogP) is 1.51. The second-order valence-electron chi connectivity index (χ2n) is 4.22. The molecule has 2 N–H and O–H groups in total. The topological polar surface area (TPSA) is 41.1 Å². The van der Waals surface area contributed by atoms with E-state index in [0.717, 1.165) is 18.7 Å². The van der Waals surface area contributed by atoms with Gasteiger partial charge in [0.15, 0.2) is 0 Å². The molecule has 1 aliphatic heterocycles. The van der Waals surface area contributed by atoms with Gasteiger partial charge in [0.2, 0.25) is 0 Å². The lowest BCUT2D eigenvalue weighted by Gasteiger charge is -2.27. The van der Waals surface area contributed by atoms with Gasteiger partial charge in [-0.15, -0.1) is 12.4 Å². The first kappa shape index (κ1) is 13.9. The van der Waals surface area contributed by atoms with E-state index in [2.05, 4.69) is 10.6 Å². The summed E-state index contributed by atoms with van der Waals surface area (Å²) in [6, 6.07) is 4.64. The zero-order chi connectivity index (χ0) is 11.5. The number of carbonyl (C=O) groups excluding carboxylic acids is 1. The average molecular weight is 259 g/mol. The van der Waals surface area contributed by atoms with E-state index in [9.17, 15) is 9.18 Å². The number of amides is 1. The van der Waals surface area contributed by atoms with E-state index in [-0.39, 0.29) is 23.9 Å². The fourth-order valence-corrected chi connectivity index (χ4v) is 1.63. The SMILES string of the molecule is Cc1ccc(C(=O)NCC2CNC2)c(F)c1.Cl. The van der Waals surface area contributed by atoms with Crippen molar-refractivity contribution in [3.63, 3.8) is 0 Å². The van der Waals surface area contributed by atoms with Crippen LogP contribution in [0, 0.1) is 18.7 Å². The molecule has 0 atom stereocenters. The number of carbonyl (C=O) groups is 1. The van der Waals surface area contributed by atoms with Gasteiger partial charge in [0.1, 0.15) is 5.82 Å². The van der Waals surface area contributed by atoms with Crippen LogP contribution in [0.2, 0.25) is 0 Å². The van der Waals surface area contributed by atoms with Gasteiger partial charge < -0.3 is 10.6 Å². The van der Waals surface area contributed by atoms with Crippen LogP contribution >= 0.6 is 12.4 Å². The van der Waals surface area contributed by atoms with Crippen molar-refractivity contribution < 1.29 is 9.18 Å². The van der Waals surface area contributed by atoms with Crippen LogP contribution in [0.1, 0.15) is 15.9 Å². The van der Waals surface area contributed by atoms with Crippen molar-refractivity contribution in [2.75, 3.05) is 19.6 Å². The maximum Gasteiger partial charge on any atom is 0.254 e. The molecule has 0 aromatic heterocycles. The molecule has 0 radical (unpaired) electrons. The molecule has 1 fully saturated rings. The quantitative estimate of drug-likeness (QED) is 0.863. The van der Waals surface area contributed by atoms with E-state index in [0.29, 0.717) is 12.5 Å². The maximum absolute atomic E-state index is 13.4. The van der Waals surface area contributed by atoms with Crippen molar-refractivity contribution in [1.29, 1.82) is 0 Å². The van der Waals surface area contributed by atoms with E-state index in [1.165, 1.54) is 12.1 Å². The van der Waals surface area contributed by atoms with Crippen LogP contribution in [-0.4, -0.2) is 25.5 Å². The Morgan fingerprint density at radius 1 is 1.53 bits per heavy atom. The first-order chi connectivity index (χ1) is 7.66. The highest BCUT2D eigenvalue weighted by Crippen LogP contribution is 2.10. The van der Waals surface area contributed by atoms with Gasteiger partial charge in [-0.1, -0.05) is 6.07 Å². The second-order valence-corrected chi connectivity index (χ2v) is 4.22. The average Bonchev–Trinajstić information content (AvgIpc) is 2.14. The lowest BCUT2D eigenvalue weighted by Crippen LogP contribution is -2.48. The number of benzene rings is 1. The first-order valence-electron chi connectivity index (χ1n) is 5.42. The molecule has 2 rings (SSSR count). The molecule has 0 bridgehead atoms. The molecule has 0 saturated carbocycles. The van der Waals surface area contributed by atoms with Crippen LogP contribution in [0.4, 0.5) is 4.39 Å². The molecule has 17 heavy (non-hydrogen) atoms. The van der Waals surface area contributed by atoms with Crippen molar-refractivity contribution in [3.8, 4) is 0 Å². The molecule has 1 saturated heterocycles. The zero-order valence-electron chi connectivity index (χ0n) is 9.63. The van der Waals surface area contributed by atoms with Crippen molar-refractivity contribution >= 4 is 18.3 Å². The summed E-state index contributed by atoms with van der Waals surface area (Å²) < 4.78 is 13.4. The van der Waals surface area contributed by atoms with Crippen LogP contribution in [-0.2, 0) is 0 Å². The predicted molar refractivity (Wildman–Crippen MR) is 67.1 cm³/mol. The van der Waals surface area contributed by atoms with E-state index in [1.807, 2.05) is 0 Å². The zero-order valence-corrected chi connectivity index (χ0v) is 10.4. The smallest absolute Gasteiger partial charge is 0.254 e. The Morgan fingerprint density at radius 2 is 2.24 bits per heavy atom. The van der Waals surface area contributed by atoms with Gasteiger partial charge >= 0.3 is 0 Å². The van der Waals surface area contributed by atoms with E-state index in [1.54, 1.807) is 13.0 Å². The number of halogens is 2. The van der Waals surface area contributed by atoms with Gasteiger partial charge in [-0.2, -0.15) is 0 Å². The summed E-state index contributed by atoms with van der Waals surface area (Å²) >= 11 is 0. The Kier molecular flexibility index (Phi) is 4.90. The summed E-state index contributed by atoms with van der Waals surface area (Å²) in [4.78, 5) is 11.6. The molecule has 1 amide bonds. The summed E-state index contributed by atoms with van der Waals surface area (Å²) in [5, 5.41) is 5.86. The van der Waals surface area contributed by atoms with Gasteiger partial charge in [-0.3, -0.25) is 4.79 Å². The maximum atomic E-state index is 13.4. The number of nitrogens with one attached hydrogen (secondary N) is 2. The van der Waals surface area contributed by atoms with Gasteiger partial charge in [-0.05, 0) is 24.6 Å². The summed E-state index contributed by atoms with van der Waals surface area (Å²) in [6.45, 7) is 4.26. The molecule has 1 heterocycles. The standard InChI is InChI=1S/C12H15FN2O.ClH/c1-8-2-3-10(11(13)4-8)12(16)15-7-9-5-14-6-9;/h2-4,9,14H,5-7H2,1H3,(H,15,16);1H. The van der Waals surface area contributed by atoms with Crippen LogP contribution in [0.5, 0.6) is 0 Å². The highest BCUT2D eigenvalue weighted by molar-refractivity contribution is 5.94. The third-order valence-electron chi connectivity index (χ3n) is 2.79. The molecule has 1 aromatic carbocycles. The molecule has 1 aliphatic rings. The molecule has 0 spiro atoms. The van der Waals surface area contributed by atoms with Crippen LogP contribution in [0.15, 0.2) is 18.2 Å². The minimum atomic E-state index is -0.454. The monoisotopic (exact) mass is 258 g/mol. The van der Waals surface area contributed by atoms with Crippen LogP contribution < -0.4 is 10.6 Å². The van der Waals surface area contributed by atoms with Gasteiger partial charge in [0.05, 0.1) is 5.56 Å². The summed E-state index contributed by atoms with van der Waals surface area (Å²) in [5.41, 5.74) is 0.940. The van der Waals surface area contributed by atoms with Gasteiger partial charge in [-0.25, -0.2) is 4.39 Å². The molecule has 3 nitrogen and oxygen atoms in total. The summed E-state index contributed by atoms with van der Waals surface area (Å²) in [6.07, 6.45) is 0. The van der Waals surface area contributed by atoms with Crippen molar-refractivity contribution in [2.24, 2.45) is 5.92 Å². The number of hydrogen-bond donors (Lipinski definition) is 2. The Morgan fingerprint density at radius 3 is 2.76 bits per heavy atom.